The van der Waals surface area contributed by atoms with Gasteiger partial charge >= 0.3 is 0 Å². The predicted molar refractivity (Wildman–Crippen MR) is 61.1 cm³/mol. The first-order valence-corrected chi connectivity index (χ1v) is 5.78. The van der Waals surface area contributed by atoms with Gasteiger partial charge in [-0.05, 0) is 25.0 Å². The summed E-state index contributed by atoms with van der Waals surface area (Å²) in [5.74, 6) is -0.140. The third-order valence-corrected chi connectivity index (χ3v) is 3.12. The number of amides is 2. The zero-order valence-corrected chi connectivity index (χ0v) is 9.30. The fraction of sp³-hybridized carbons (Fsp3) is 0.417. The first kappa shape index (κ1) is 10.3. The largest absolute Gasteiger partial charge is 0.373 e. The summed E-state index contributed by atoms with van der Waals surface area (Å²) in [7, 11) is 0. The summed E-state index contributed by atoms with van der Waals surface area (Å²) in [5, 5.41) is 3.08. The molecule has 5 nitrogen and oxygen atoms in total. The molecule has 0 bridgehead atoms. The number of likely N-dealkylation sites (tertiary alicyclic amines) is 1. The summed E-state index contributed by atoms with van der Waals surface area (Å²) < 4.78 is 0. The van der Waals surface area contributed by atoms with E-state index in [0.717, 1.165) is 18.5 Å². The van der Waals surface area contributed by atoms with Gasteiger partial charge in [0.1, 0.15) is 6.04 Å². The molecule has 1 aliphatic heterocycles. The lowest BCUT2D eigenvalue weighted by atomic mass is 10.2. The lowest BCUT2D eigenvalue weighted by Crippen LogP contribution is -2.36. The molecule has 1 aromatic heterocycles. The van der Waals surface area contributed by atoms with Crippen molar-refractivity contribution in [3.05, 3.63) is 24.5 Å². The van der Waals surface area contributed by atoms with Crippen LogP contribution in [0.1, 0.15) is 19.3 Å². The van der Waals surface area contributed by atoms with E-state index in [1.165, 1.54) is 4.90 Å². The second kappa shape index (κ2) is 3.84. The number of imide groups is 1. The normalized spacial score (nSPS) is 24.2. The number of carbonyl (C=O) groups is 2. The lowest BCUT2D eigenvalue weighted by molar-refractivity contribution is -0.139. The molecule has 3 rings (SSSR count). The van der Waals surface area contributed by atoms with Gasteiger partial charge in [-0.1, -0.05) is 0 Å². The van der Waals surface area contributed by atoms with E-state index in [9.17, 15) is 9.59 Å². The Hall–Kier alpha value is -1.91. The van der Waals surface area contributed by atoms with Crippen molar-refractivity contribution in [3.8, 4) is 0 Å². The first-order chi connectivity index (χ1) is 8.25. The molecule has 1 saturated carbocycles. The van der Waals surface area contributed by atoms with Gasteiger partial charge < -0.3 is 5.32 Å². The van der Waals surface area contributed by atoms with Crippen molar-refractivity contribution in [2.45, 2.75) is 31.3 Å². The van der Waals surface area contributed by atoms with Crippen molar-refractivity contribution in [1.29, 1.82) is 0 Å². The molecular weight excluding hydrogens is 218 g/mol. The van der Waals surface area contributed by atoms with Crippen molar-refractivity contribution in [2.24, 2.45) is 0 Å². The number of nitrogens with zero attached hydrogens (tertiary/aromatic N) is 2. The van der Waals surface area contributed by atoms with Crippen LogP contribution in [0, 0.1) is 0 Å². The van der Waals surface area contributed by atoms with E-state index in [1.54, 1.807) is 24.5 Å². The van der Waals surface area contributed by atoms with Gasteiger partial charge in [-0.15, -0.1) is 0 Å². The molecule has 2 amide bonds. The van der Waals surface area contributed by atoms with E-state index in [2.05, 4.69) is 10.3 Å². The topological polar surface area (TPSA) is 62.3 Å². The van der Waals surface area contributed by atoms with E-state index in [-0.39, 0.29) is 24.3 Å². The Labute approximate surface area is 98.8 Å². The van der Waals surface area contributed by atoms with E-state index >= 15 is 0 Å². The summed E-state index contributed by atoms with van der Waals surface area (Å²) in [6, 6.07) is 3.33. The molecule has 1 atom stereocenters. The third-order valence-electron chi connectivity index (χ3n) is 3.12. The molecule has 17 heavy (non-hydrogen) atoms. The van der Waals surface area contributed by atoms with E-state index < -0.39 is 6.04 Å². The Kier molecular flexibility index (Phi) is 2.31. The van der Waals surface area contributed by atoms with Gasteiger partial charge in [0.25, 0.3) is 5.91 Å². The average molecular weight is 231 g/mol. The number of rotatable bonds is 3. The molecule has 1 N–H and O–H groups in total. The van der Waals surface area contributed by atoms with Gasteiger partial charge in [0.05, 0.1) is 6.42 Å². The molecule has 0 aromatic carbocycles. The molecule has 2 heterocycles. The summed E-state index contributed by atoms with van der Waals surface area (Å²) in [6.45, 7) is 0. The van der Waals surface area contributed by atoms with Gasteiger partial charge in [-0.25, -0.2) is 0 Å². The van der Waals surface area contributed by atoms with Gasteiger partial charge in [0, 0.05) is 24.1 Å². The highest BCUT2D eigenvalue weighted by Gasteiger charge is 2.45. The number of hydrogen-bond acceptors (Lipinski definition) is 4. The van der Waals surface area contributed by atoms with Gasteiger partial charge in [-0.2, -0.15) is 0 Å². The monoisotopic (exact) mass is 231 g/mol. The zero-order valence-electron chi connectivity index (χ0n) is 9.30. The SMILES string of the molecule is O=C1CC(Nc2ccncc2)C(=O)N1C1CC1. The highest BCUT2D eigenvalue weighted by Crippen LogP contribution is 2.32. The molecule has 1 unspecified atom stereocenters. The average Bonchev–Trinajstić information content (AvgIpc) is 3.10. The highest BCUT2D eigenvalue weighted by molar-refractivity contribution is 6.07. The Bertz CT molecular complexity index is 456. The molecule has 0 spiro atoms. The van der Waals surface area contributed by atoms with Gasteiger partial charge in [-0.3, -0.25) is 19.5 Å². The van der Waals surface area contributed by atoms with Gasteiger partial charge in [0.2, 0.25) is 5.91 Å². The molecule has 88 valence electrons. The van der Waals surface area contributed by atoms with Crippen LogP contribution in [-0.2, 0) is 9.59 Å². The van der Waals surface area contributed by atoms with Crippen LogP contribution in [0.3, 0.4) is 0 Å². The lowest BCUT2D eigenvalue weighted by Gasteiger charge is -2.14. The van der Waals surface area contributed by atoms with Crippen LogP contribution >= 0.6 is 0 Å². The number of pyridine rings is 1. The maximum atomic E-state index is 12.0. The van der Waals surface area contributed by atoms with Crippen LogP contribution in [-0.4, -0.2) is 33.8 Å². The Balaban J connectivity index is 1.73. The van der Waals surface area contributed by atoms with Crippen LogP contribution in [0.4, 0.5) is 5.69 Å². The summed E-state index contributed by atoms with van der Waals surface area (Å²) in [4.78, 5) is 29.1. The number of aromatic nitrogens is 1. The Morgan fingerprint density at radius 3 is 2.59 bits per heavy atom. The molecule has 1 aliphatic carbocycles. The highest BCUT2D eigenvalue weighted by atomic mass is 16.2. The van der Waals surface area contributed by atoms with E-state index in [0.29, 0.717) is 0 Å². The maximum Gasteiger partial charge on any atom is 0.252 e. The van der Waals surface area contributed by atoms with Crippen molar-refractivity contribution in [3.63, 3.8) is 0 Å². The summed E-state index contributed by atoms with van der Waals surface area (Å²) in [6.07, 6.45) is 5.49. The number of carbonyl (C=O) groups excluding carboxylic acids is 2. The first-order valence-electron chi connectivity index (χ1n) is 5.78. The van der Waals surface area contributed by atoms with Crippen LogP contribution in [0.25, 0.3) is 0 Å². The fourth-order valence-corrected chi connectivity index (χ4v) is 2.13. The third kappa shape index (κ3) is 1.88. The van der Waals surface area contributed by atoms with Crippen LogP contribution < -0.4 is 5.32 Å². The number of nitrogens with one attached hydrogen (secondary N) is 1. The predicted octanol–water partition coefficient (Wildman–Crippen LogP) is 0.783. The van der Waals surface area contributed by atoms with Crippen LogP contribution in [0.2, 0.25) is 0 Å². The van der Waals surface area contributed by atoms with Crippen LogP contribution in [0.15, 0.2) is 24.5 Å². The minimum atomic E-state index is -0.412. The van der Waals surface area contributed by atoms with E-state index in [1.807, 2.05) is 0 Å². The standard InChI is InChI=1S/C12H13N3O2/c16-11-7-10(12(17)15(11)9-1-2-9)14-8-3-5-13-6-4-8/h3-6,9-10H,1-2,7H2,(H,13,14). The second-order valence-corrected chi connectivity index (χ2v) is 4.47. The minimum absolute atomic E-state index is 0.0518. The van der Waals surface area contributed by atoms with Gasteiger partial charge in [0.15, 0.2) is 0 Å². The minimum Gasteiger partial charge on any atom is -0.373 e. The molecule has 0 radical (unpaired) electrons. The molecule has 1 aromatic rings. The molecule has 1 saturated heterocycles. The number of anilines is 1. The fourth-order valence-electron chi connectivity index (χ4n) is 2.13. The second-order valence-electron chi connectivity index (χ2n) is 4.47. The van der Waals surface area contributed by atoms with Crippen LogP contribution in [0.5, 0.6) is 0 Å². The maximum absolute atomic E-state index is 12.0. The number of hydrogen-bond donors (Lipinski definition) is 1. The molecular formula is C12H13N3O2. The molecule has 5 heteroatoms. The zero-order chi connectivity index (χ0) is 11.8. The molecule has 2 aliphatic rings. The van der Waals surface area contributed by atoms with Crippen molar-refractivity contribution < 1.29 is 9.59 Å². The Morgan fingerprint density at radius 1 is 1.24 bits per heavy atom. The quantitative estimate of drug-likeness (QED) is 0.781. The Morgan fingerprint density at radius 2 is 1.94 bits per heavy atom. The van der Waals surface area contributed by atoms with Crippen molar-refractivity contribution in [2.75, 3.05) is 5.32 Å². The van der Waals surface area contributed by atoms with E-state index in [4.69, 9.17) is 0 Å². The molecule has 2 fully saturated rings. The van der Waals surface area contributed by atoms with Crippen molar-refractivity contribution in [1.82, 2.24) is 9.88 Å². The summed E-state index contributed by atoms with van der Waals surface area (Å²) in [5.41, 5.74) is 0.823. The smallest absolute Gasteiger partial charge is 0.252 e. The van der Waals surface area contributed by atoms with Crippen molar-refractivity contribution >= 4 is 17.5 Å². The summed E-state index contributed by atoms with van der Waals surface area (Å²) >= 11 is 0.